The van der Waals surface area contributed by atoms with E-state index in [0.29, 0.717) is 32.8 Å². The van der Waals surface area contributed by atoms with Crippen molar-refractivity contribution in [2.45, 2.75) is 52.4 Å². The molecule has 0 unspecified atom stereocenters. The first kappa shape index (κ1) is 29.0. The van der Waals surface area contributed by atoms with E-state index in [0.717, 1.165) is 62.6 Å². The van der Waals surface area contributed by atoms with Crippen molar-refractivity contribution in [1.82, 2.24) is 0 Å². The van der Waals surface area contributed by atoms with Crippen LogP contribution in [0.2, 0.25) is 0 Å². The second-order valence-electron chi connectivity index (χ2n) is 10.4. The van der Waals surface area contributed by atoms with Gasteiger partial charge in [-0.25, -0.2) is 8.42 Å². The molecule has 0 radical (unpaired) electrons. The fourth-order valence-corrected chi connectivity index (χ4v) is 6.17. The summed E-state index contributed by atoms with van der Waals surface area (Å²) in [4.78, 5) is 11.7. The van der Waals surface area contributed by atoms with Crippen LogP contribution in [-0.2, 0) is 43.7 Å². The average Bonchev–Trinajstić information content (AvgIpc) is 3.26. The topological polar surface area (TPSA) is 97.4 Å². The maximum atomic E-state index is 11.8. The van der Waals surface area contributed by atoms with Crippen LogP contribution in [0.5, 0.6) is 17.2 Å². The van der Waals surface area contributed by atoms with Gasteiger partial charge in [0.25, 0.3) is 0 Å². The number of hydrogen-bond donors (Lipinski definition) is 0. The molecular formula is C32H36O8S. The molecule has 2 aliphatic heterocycles. The number of aryl methyl sites for hydroxylation is 1. The summed E-state index contributed by atoms with van der Waals surface area (Å²) in [6, 6.07) is 16.0. The summed E-state index contributed by atoms with van der Waals surface area (Å²) in [6.45, 7) is 5.45. The number of benzene rings is 3. The molecule has 0 bridgehead atoms. The van der Waals surface area contributed by atoms with E-state index >= 15 is 0 Å². The zero-order valence-corrected chi connectivity index (χ0v) is 24.6. The van der Waals surface area contributed by atoms with Crippen LogP contribution in [0.3, 0.4) is 0 Å². The van der Waals surface area contributed by atoms with Gasteiger partial charge in [0.15, 0.2) is 0 Å². The van der Waals surface area contributed by atoms with Gasteiger partial charge in [0, 0.05) is 17.7 Å². The molecule has 0 aliphatic carbocycles. The smallest absolute Gasteiger partial charge is 0.308 e. The molecule has 0 amide bonds. The van der Waals surface area contributed by atoms with Crippen LogP contribution >= 0.6 is 0 Å². The Morgan fingerprint density at radius 1 is 1.02 bits per heavy atom. The van der Waals surface area contributed by atoms with E-state index in [9.17, 15) is 13.2 Å². The number of rotatable bonds is 11. The van der Waals surface area contributed by atoms with Crippen molar-refractivity contribution in [3.05, 3.63) is 76.3 Å². The van der Waals surface area contributed by atoms with Crippen molar-refractivity contribution in [3.63, 3.8) is 0 Å². The summed E-state index contributed by atoms with van der Waals surface area (Å²) < 4.78 is 52.3. The van der Waals surface area contributed by atoms with E-state index < -0.39 is 9.84 Å². The molecule has 0 aromatic heterocycles. The lowest BCUT2D eigenvalue weighted by molar-refractivity contribution is -0.143. The van der Waals surface area contributed by atoms with Crippen molar-refractivity contribution >= 4 is 15.8 Å². The zero-order valence-electron chi connectivity index (χ0n) is 23.7. The lowest BCUT2D eigenvalue weighted by Gasteiger charge is -2.16. The van der Waals surface area contributed by atoms with Crippen LogP contribution in [0, 0.1) is 6.92 Å². The number of sulfone groups is 1. The Balaban J connectivity index is 1.28. The van der Waals surface area contributed by atoms with E-state index in [1.807, 2.05) is 42.5 Å². The minimum atomic E-state index is -3.00. The van der Waals surface area contributed by atoms with Gasteiger partial charge in [0.1, 0.15) is 33.7 Å². The molecule has 0 saturated carbocycles. The SMILES string of the molecule is CCS(=O)(=O)CCCOc1cc(C)c2c(c1)CCOc1ccc(COc3ccc4c(c3)CO[C@H]4CC(=O)OC)cc1-2. The Hall–Kier alpha value is -3.56. The van der Waals surface area contributed by atoms with Gasteiger partial charge in [-0.3, -0.25) is 4.79 Å². The molecular weight excluding hydrogens is 544 g/mol. The largest absolute Gasteiger partial charge is 0.494 e. The molecule has 2 heterocycles. The van der Waals surface area contributed by atoms with Gasteiger partial charge in [-0.15, -0.1) is 0 Å². The molecule has 5 rings (SSSR count). The fraction of sp³-hybridized carbons (Fsp3) is 0.406. The zero-order chi connectivity index (χ0) is 29.0. The van der Waals surface area contributed by atoms with Crippen LogP contribution in [-0.4, -0.2) is 46.2 Å². The van der Waals surface area contributed by atoms with Gasteiger partial charge in [-0.1, -0.05) is 19.1 Å². The van der Waals surface area contributed by atoms with Gasteiger partial charge in [0.2, 0.25) is 0 Å². The molecule has 8 nitrogen and oxygen atoms in total. The molecule has 2 aliphatic rings. The van der Waals surface area contributed by atoms with Crippen molar-refractivity contribution < 1.29 is 36.9 Å². The quantitative estimate of drug-likeness (QED) is 0.216. The highest BCUT2D eigenvalue weighted by Crippen LogP contribution is 2.40. The van der Waals surface area contributed by atoms with Gasteiger partial charge in [-0.05, 0) is 83.1 Å². The molecule has 41 heavy (non-hydrogen) atoms. The van der Waals surface area contributed by atoms with Crippen LogP contribution in [0.4, 0.5) is 0 Å². The third kappa shape index (κ3) is 6.85. The van der Waals surface area contributed by atoms with E-state index in [1.165, 1.54) is 7.11 Å². The molecule has 9 heteroatoms. The van der Waals surface area contributed by atoms with Crippen LogP contribution in [0.15, 0.2) is 48.5 Å². The van der Waals surface area contributed by atoms with E-state index in [2.05, 4.69) is 13.0 Å². The fourth-order valence-electron chi connectivity index (χ4n) is 5.32. The van der Waals surface area contributed by atoms with Gasteiger partial charge in [-0.2, -0.15) is 0 Å². The molecule has 0 saturated heterocycles. The summed E-state index contributed by atoms with van der Waals surface area (Å²) in [7, 11) is -1.62. The Morgan fingerprint density at radius 2 is 1.85 bits per heavy atom. The van der Waals surface area contributed by atoms with Crippen LogP contribution in [0.1, 0.15) is 53.7 Å². The van der Waals surface area contributed by atoms with Gasteiger partial charge < -0.3 is 23.7 Å². The molecule has 218 valence electrons. The molecule has 0 fully saturated rings. The molecule has 0 spiro atoms. The standard InChI is InChI=1S/C32H36O8S/c1-4-41(34,35)13-5-11-37-26-14-21(2)32-23(16-26)10-12-38-29-9-6-22(15-28(29)32)19-39-25-7-8-27-24(17-25)20-40-30(27)18-31(33)36-3/h6-9,14-17,30H,4-5,10-13,18-20H2,1-3H3/t30-/m0/s1. The number of ether oxygens (including phenoxy) is 5. The lowest BCUT2D eigenvalue weighted by Crippen LogP contribution is -2.12. The Kier molecular flexibility index (Phi) is 8.85. The monoisotopic (exact) mass is 580 g/mol. The minimum absolute atomic E-state index is 0.134. The van der Waals surface area contributed by atoms with E-state index in [1.54, 1.807) is 6.92 Å². The summed E-state index contributed by atoms with van der Waals surface area (Å²) >= 11 is 0. The van der Waals surface area contributed by atoms with Gasteiger partial charge in [0.05, 0.1) is 45.2 Å². The normalized spacial score (nSPS) is 15.6. The second-order valence-corrected chi connectivity index (χ2v) is 12.8. The third-order valence-electron chi connectivity index (χ3n) is 7.53. The summed E-state index contributed by atoms with van der Waals surface area (Å²) in [6.07, 6.45) is 1.11. The number of fused-ring (bicyclic) bond motifs is 4. The lowest BCUT2D eigenvalue weighted by atomic mass is 9.92. The number of hydrogen-bond acceptors (Lipinski definition) is 8. The van der Waals surface area contributed by atoms with Crippen molar-refractivity contribution in [2.75, 3.05) is 31.8 Å². The van der Waals surface area contributed by atoms with E-state index in [-0.39, 0.29) is 30.0 Å². The predicted molar refractivity (Wildman–Crippen MR) is 155 cm³/mol. The highest BCUT2D eigenvalue weighted by Gasteiger charge is 2.26. The first-order valence-corrected chi connectivity index (χ1v) is 15.8. The average molecular weight is 581 g/mol. The minimum Gasteiger partial charge on any atom is -0.494 e. The number of carbonyl (C=O) groups is 1. The molecule has 3 aromatic rings. The Labute approximate surface area is 241 Å². The molecule has 1 atom stereocenters. The third-order valence-corrected chi connectivity index (χ3v) is 9.32. The summed E-state index contributed by atoms with van der Waals surface area (Å²) in [5, 5.41) is 0. The first-order valence-electron chi connectivity index (χ1n) is 13.9. The molecule has 0 N–H and O–H groups in total. The predicted octanol–water partition coefficient (Wildman–Crippen LogP) is 5.51. The van der Waals surface area contributed by atoms with Crippen LogP contribution in [0.25, 0.3) is 11.1 Å². The Bertz CT molecular complexity index is 1530. The Morgan fingerprint density at radius 3 is 2.66 bits per heavy atom. The summed E-state index contributed by atoms with van der Waals surface area (Å²) in [5.74, 6) is 2.30. The molecule has 3 aromatic carbocycles. The summed E-state index contributed by atoms with van der Waals surface area (Å²) in [5.41, 5.74) is 7.38. The van der Waals surface area contributed by atoms with Crippen LogP contribution < -0.4 is 14.2 Å². The number of carbonyl (C=O) groups excluding carboxylic acids is 1. The number of methoxy groups -OCH3 is 1. The van der Waals surface area contributed by atoms with Crippen molar-refractivity contribution in [1.29, 1.82) is 0 Å². The number of esters is 1. The van der Waals surface area contributed by atoms with Crippen molar-refractivity contribution in [3.8, 4) is 28.4 Å². The maximum absolute atomic E-state index is 11.8. The first-order chi connectivity index (χ1) is 19.8. The van der Waals surface area contributed by atoms with Crippen molar-refractivity contribution in [2.24, 2.45) is 0 Å². The maximum Gasteiger partial charge on any atom is 0.308 e. The second kappa shape index (κ2) is 12.5. The van der Waals surface area contributed by atoms with Gasteiger partial charge >= 0.3 is 5.97 Å². The van der Waals surface area contributed by atoms with E-state index in [4.69, 9.17) is 23.7 Å². The highest BCUT2D eigenvalue weighted by molar-refractivity contribution is 7.91. The highest BCUT2D eigenvalue weighted by atomic mass is 32.2.